The highest BCUT2D eigenvalue weighted by Gasteiger charge is 2.41. The lowest BCUT2D eigenvalue weighted by Gasteiger charge is -2.24. The number of rotatable bonds is 8. The van der Waals surface area contributed by atoms with Crippen molar-refractivity contribution in [1.82, 2.24) is 5.32 Å². The Kier molecular flexibility index (Phi) is 5.85. The number of carbonyl (C=O) groups is 1. The van der Waals surface area contributed by atoms with Gasteiger partial charge in [0.1, 0.15) is 0 Å². The van der Waals surface area contributed by atoms with E-state index in [2.05, 4.69) is 12.2 Å². The summed E-state index contributed by atoms with van der Waals surface area (Å²) in [5.41, 5.74) is 0.237. The SMILES string of the molecule is CC(CCNCC1CCC2(CCCC2)O1)CCC(=O)O. The molecule has 1 saturated heterocycles. The zero-order valence-electron chi connectivity index (χ0n) is 12.7. The molecule has 0 aromatic carbocycles. The molecule has 0 aromatic heterocycles. The van der Waals surface area contributed by atoms with E-state index >= 15 is 0 Å². The van der Waals surface area contributed by atoms with Crippen molar-refractivity contribution >= 4 is 5.97 Å². The second-order valence-electron chi connectivity index (χ2n) is 6.70. The fourth-order valence-corrected chi connectivity index (χ4v) is 3.55. The van der Waals surface area contributed by atoms with Gasteiger partial charge in [0.15, 0.2) is 0 Å². The van der Waals surface area contributed by atoms with Gasteiger partial charge in [0.25, 0.3) is 0 Å². The van der Waals surface area contributed by atoms with Gasteiger partial charge in [-0.05, 0) is 51.0 Å². The Balaban J connectivity index is 1.52. The molecule has 0 bridgehead atoms. The van der Waals surface area contributed by atoms with Gasteiger partial charge in [-0.3, -0.25) is 4.79 Å². The van der Waals surface area contributed by atoms with Crippen molar-refractivity contribution in [2.75, 3.05) is 13.1 Å². The minimum atomic E-state index is -0.689. The molecule has 1 heterocycles. The van der Waals surface area contributed by atoms with Crippen LogP contribution in [0.25, 0.3) is 0 Å². The van der Waals surface area contributed by atoms with Crippen LogP contribution in [0.1, 0.15) is 64.7 Å². The largest absolute Gasteiger partial charge is 0.481 e. The van der Waals surface area contributed by atoms with Crippen molar-refractivity contribution in [3.05, 3.63) is 0 Å². The summed E-state index contributed by atoms with van der Waals surface area (Å²) < 4.78 is 6.26. The van der Waals surface area contributed by atoms with Crippen LogP contribution in [-0.4, -0.2) is 35.9 Å². The maximum absolute atomic E-state index is 10.5. The van der Waals surface area contributed by atoms with Crippen LogP contribution in [0.4, 0.5) is 0 Å². The molecule has 1 saturated carbocycles. The van der Waals surface area contributed by atoms with Gasteiger partial charge >= 0.3 is 5.97 Å². The highest BCUT2D eigenvalue weighted by atomic mass is 16.5. The van der Waals surface area contributed by atoms with E-state index in [1.165, 1.54) is 38.5 Å². The normalized spacial score (nSPS) is 26.1. The van der Waals surface area contributed by atoms with E-state index in [-0.39, 0.29) is 12.0 Å². The molecule has 1 aliphatic carbocycles. The first kappa shape index (κ1) is 15.8. The third-order valence-corrected chi connectivity index (χ3v) is 4.89. The van der Waals surface area contributed by atoms with E-state index in [4.69, 9.17) is 9.84 Å². The lowest BCUT2D eigenvalue weighted by molar-refractivity contribution is -0.137. The highest BCUT2D eigenvalue weighted by molar-refractivity contribution is 5.66. The number of ether oxygens (including phenoxy) is 1. The molecule has 2 fully saturated rings. The van der Waals surface area contributed by atoms with Gasteiger partial charge < -0.3 is 15.2 Å². The lowest BCUT2D eigenvalue weighted by atomic mass is 9.98. The van der Waals surface area contributed by atoms with Crippen LogP contribution in [0.15, 0.2) is 0 Å². The summed E-state index contributed by atoms with van der Waals surface area (Å²) in [6, 6.07) is 0. The molecule has 0 amide bonds. The lowest BCUT2D eigenvalue weighted by Crippen LogP contribution is -2.31. The fraction of sp³-hybridized carbons (Fsp3) is 0.938. The van der Waals surface area contributed by atoms with Crippen molar-refractivity contribution < 1.29 is 14.6 Å². The summed E-state index contributed by atoms with van der Waals surface area (Å²) in [6.07, 6.45) is 10.1. The number of hydrogen-bond acceptors (Lipinski definition) is 3. The molecule has 2 N–H and O–H groups in total. The Morgan fingerprint density at radius 3 is 2.80 bits per heavy atom. The van der Waals surface area contributed by atoms with E-state index in [1.807, 2.05) is 0 Å². The quantitative estimate of drug-likeness (QED) is 0.672. The van der Waals surface area contributed by atoms with Crippen LogP contribution in [0.5, 0.6) is 0 Å². The predicted molar refractivity (Wildman–Crippen MR) is 78.8 cm³/mol. The van der Waals surface area contributed by atoms with Crippen LogP contribution >= 0.6 is 0 Å². The van der Waals surface area contributed by atoms with Gasteiger partial charge in [-0.2, -0.15) is 0 Å². The van der Waals surface area contributed by atoms with Crippen LogP contribution in [0.3, 0.4) is 0 Å². The van der Waals surface area contributed by atoms with Gasteiger partial charge in [0.05, 0.1) is 11.7 Å². The minimum absolute atomic E-state index is 0.237. The van der Waals surface area contributed by atoms with Crippen LogP contribution in [-0.2, 0) is 9.53 Å². The molecule has 2 aliphatic rings. The standard InChI is InChI=1S/C16H29NO3/c1-13(4-5-15(18)19)7-11-17-12-14-6-10-16(20-14)8-2-3-9-16/h13-14,17H,2-12H2,1H3,(H,18,19). The first-order valence-electron chi connectivity index (χ1n) is 8.20. The topological polar surface area (TPSA) is 58.6 Å². The first-order chi connectivity index (χ1) is 9.60. The molecule has 1 spiro atoms. The molecule has 2 unspecified atom stereocenters. The molecule has 20 heavy (non-hydrogen) atoms. The van der Waals surface area contributed by atoms with E-state index in [0.29, 0.717) is 12.0 Å². The summed E-state index contributed by atoms with van der Waals surface area (Å²) >= 11 is 0. The Labute approximate surface area is 122 Å². The number of nitrogens with one attached hydrogen (secondary N) is 1. The molecule has 4 heteroatoms. The van der Waals surface area contributed by atoms with Crippen LogP contribution < -0.4 is 5.32 Å². The van der Waals surface area contributed by atoms with Gasteiger partial charge in [0, 0.05) is 13.0 Å². The smallest absolute Gasteiger partial charge is 0.303 e. The Hall–Kier alpha value is -0.610. The first-order valence-corrected chi connectivity index (χ1v) is 8.20. The molecule has 1 aliphatic heterocycles. The summed E-state index contributed by atoms with van der Waals surface area (Å²) in [5.74, 6) is -0.213. The molecule has 2 rings (SSSR count). The average Bonchev–Trinajstić information content (AvgIpc) is 3.03. The van der Waals surface area contributed by atoms with Crippen LogP contribution in [0, 0.1) is 5.92 Å². The summed E-state index contributed by atoms with van der Waals surface area (Å²) in [5, 5.41) is 12.1. The summed E-state index contributed by atoms with van der Waals surface area (Å²) in [6.45, 7) is 4.05. The second kappa shape index (κ2) is 7.41. The summed E-state index contributed by atoms with van der Waals surface area (Å²) in [7, 11) is 0. The third kappa shape index (κ3) is 4.74. The Bertz CT molecular complexity index is 313. The maximum atomic E-state index is 10.5. The predicted octanol–water partition coefficient (Wildman–Crippen LogP) is 2.96. The molecule has 116 valence electrons. The van der Waals surface area contributed by atoms with Crippen molar-refractivity contribution in [1.29, 1.82) is 0 Å². The van der Waals surface area contributed by atoms with Crippen LogP contribution in [0.2, 0.25) is 0 Å². The van der Waals surface area contributed by atoms with Crippen molar-refractivity contribution in [3.63, 3.8) is 0 Å². The van der Waals surface area contributed by atoms with E-state index in [1.54, 1.807) is 0 Å². The number of aliphatic carboxylic acids is 1. The number of carboxylic acids is 1. The van der Waals surface area contributed by atoms with E-state index < -0.39 is 5.97 Å². The second-order valence-corrected chi connectivity index (χ2v) is 6.70. The molecule has 0 aromatic rings. The van der Waals surface area contributed by atoms with Gasteiger partial charge in [0.2, 0.25) is 0 Å². The summed E-state index contributed by atoms with van der Waals surface area (Å²) in [4.78, 5) is 10.5. The molecule has 4 nitrogen and oxygen atoms in total. The Morgan fingerprint density at radius 2 is 2.10 bits per heavy atom. The maximum Gasteiger partial charge on any atom is 0.303 e. The van der Waals surface area contributed by atoms with Crippen molar-refractivity contribution in [2.24, 2.45) is 5.92 Å². The number of hydrogen-bond donors (Lipinski definition) is 2. The molecular formula is C16H29NO3. The monoisotopic (exact) mass is 283 g/mol. The average molecular weight is 283 g/mol. The van der Waals surface area contributed by atoms with E-state index in [9.17, 15) is 4.79 Å². The minimum Gasteiger partial charge on any atom is -0.481 e. The zero-order chi connectivity index (χ0) is 14.4. The van der Waals surface area contributed by atoms with Crippen molar-refractivity contribution in [3.8, 4) is 0 Å². The van der Waals surface area contributed by atoms with Gasteiger partial charge in [-0.1, -0.05) is 19.8 Å². The molecular weight excluding hydrogens is 254 g/mol. The zero-order valence-corrected chi connectivity index (χ0v) is 12.7. The molecule has 2 atom stereocenters. The fourth-order valence-electron chi connectivity index (χ4n) is 3.55. The van der Waals surface area contributed by atoms with Gasteiger partial charge in [-0.25, -0.2) is 0 Å². The Morgan fingerprint density at radius 1 is 1.35 bits per heavy atom. The van der Waals surface area contributed by atoms with Crippen molar-refractivity contribution in [2.45, 2.75) is 76.4 Å². The third-order valence-electron chi connectivity index (χ3n) is 4.89. The molecule has 0 radical (unpaired) electrons. The number of carboxylic acid groups (broad SMARTS) is 1. The van der Waals surface area contributed by atoms with E-state index in [0.717, 1.165) is 25.9 Å². The van der Waals surface area contributed by atoms with Gasteiger partial charge in [-0.15, -0.1) is 0 Å². The highest BCUT2D eigenvalue weighted by Crippen LogP contribution is 2.43.